The van der Waals surface area contributed by atoms with Gasteiger partial charge in [0.25, 0.3) is 0 Å². The molecule has 0 heterocycles. The Balaban J connectivity index is 2.54. The van der Waals surface area contributed by atoms with Gasteiger partial charge in [0.15, 0.2) is 0 Å². The Morgan fingerprint density at radius 1 is 1.31 bits per heavy atom. The monoisotopic (exact) mass is 178 g/mol. The smallest absolute Gasteiger partial charge is 0.137 e. The molecule has 0 unspecified atom stereocenters. The predicted molar refractivity (Wildman–Crippen MR) is 51.7 cm³/mol. The molecule has 0 aliphatic rings. The van der Waals surface area contributed by atoms with Crippen LogP contribution in [0.2, 0.25) is 0 Å². The molecule has 13 heavy (non-hydrogen) atoms. The lowest BCUT2D eigenvalue weighted by Gasteiger charge is -1.99. The van der Waals surface area contributed by atoms with Gasteiger partial charge in [0, 0.05) is 12.8 Å². The van der Waals surface area contributed by atoms with Crippen molar-refractivity contribution < 1.29 is 9.90 Å². The molecule has 0 bridgehead atoms. The number of aromatic hydroxyl groups is 1. The van der Waals surface area contributed by atoms with Crippen molar-refractivity contribution in [2.24, 2.45) is 0 Å². The summed E-state index contributed by atoms with van der Waals surface area (Å²) in [7, 11) is 0. The second-order valence-electron chi connectivity index (χ2n) is 3.13. The van der Waals surface area contributed by atoms with Crippen LogP contribution in [0.25, 0.3) is 0 Å². The molecule has 0 aliphatic carbocycles. The van der Waals surface area contributed by atoms with Crippen molar-refractivity contribution in [2.45, 2.75) is 26.2 Å². The highest BCUT2D eigenvalue weighted by Crippen LogP contribution is 2.10. The van der Waals surface area contributed by atoms with Gasteiger partial charge in [-0.15, -0.1) is 0 Å². The van der Waals surface area contributed by atoms with Gasteiger partial charge in [-0.25, -0.2) is 0 Å². The molecular weight excluding hydrogens is 164 g/mol. The minimum absolute atomic E-state index is 0.242. The third-order valence-corrected chi connectivity index (χ3v) is 1.87. The van der Waals surface area contributed by atoms with E-state index in [1.807, 2.05) is 6.92 Å². The standard InChI is InChI=1S/C11H14O2/c1-2-3-11(13)8-9-4-6-10(12)7-5-9/h4-7,12H,2-3,8H2,1H3. The molecule has 2 nitrogen and oxygen atoms in total. The fourth-order valence-corrected chi connectivity index (χ4v) is 1.21. The normalized spacial score (nSPS) is 9.92. The van der Waals surface area contributed by atoms with Crippen molar-refractivity contribution in [2.75, 3.05) is 0 Å². The van der Waals surface area contributed by atoms with Crippen LogP contribution in [0.4, 0.5) is 0 Å². The molecular formula is C11H14O2. The lowest BCUT2D eigenvalue weighted by atomic mass is 10.1. The number of phenolic OH excluding ortho intramolecular Hbond substituents is 1. The van der Waals surface area contributed by atoms with Gasteiger partial charge in [-0.2, -0.15) is 0 Å². The molecule has 1 aromatic rings. The molecule has 0 atom stereocenters. The molecule has 1 N–H and O–H groups in total. The summed E-state index contributed by atoms with van der Waals surface area (Å²) >= 11 is 0. The highest BCUT2D eigenvalue weighted by atomic mass is 16.3. The topological polar surface area (TPSA) is 37.3 Å². The number of benzene rings is 1. The number of Topliss-reactive ketones (excluding diaryl/α,β-unsaturated/α-hetero) is 1. The molecule has 1 rings (SSSR count). The van der Waals surface area contributed by atoms with E-state index < -0.39 is 0 Å². The van der Waals surface area contributed by atoms with Crippen LogP contribution in [-0.4, -0.2) is 10.9 Å². The summed E-state index contributed by atoms with van der Waals surface area (Å²) in [5.74, 6) is 0.500. The maximum absolute atomic E-state index is 11.2. The van der Waals surface area contributed by atoms with E-state index in [4.69, 9.17) is 5.11 Å². The number of hydrogen-bond donors (Lipinski definition) is 1. The largest absolute Gasteiger partial charge is 0.508 e. The molecule has 70 valence electrons. The average Bonchev–Trinajstić information content (AvgIpc) is 2.09. The first-order chi connectivity index (χ1) is 6.22. The van der Waals surface area contributed by atoms with Crippen LogP contribution in [-0.2, 0) is 11.2 Å². The van der Waals surface area contributed by atoms with Crippen LogP contribution in [0.1, 0.15) is 25.3 Å². The number of hydrogen-bond acceptors (Lipinski definition) is 2. The third kappa shape index (κ3) is 3.28. The Bertz CT molecular complexity index is 275. The zero-order valence-corrected chi connectivity index (χ0v) is 7.79. The average molecular weight is 178 g/mol. The SMILES string of the molecule is CCCC(=O)Cc1ccc(O)cc1. The number of carbonyl (C=O) groups excluding carboxylic acids is 1. The van der Waals surface area contributed by atoms with Crippen LogP contribution in [0.3, 0.4) is 0 Å². The molecule has 0 saturated carbocycles. The predicted octanol–water partition coefficient (Wildman–Crippen LogP) is 2.30. The number of rotatable bonds is 4. The summed E-state index contributed by atoms with van der Waals surface area (Å²) in [5.41, 5.74) is 0.969. The molecule has 1 aromatic carbocycles. The summed E-state index contributed by atoms with van der Waals surface area (Å²) in [5, 5.41) is 9.01. The van der Waals surface area contributed by atoms with Crippen molar-refractivity contribution in [3.8, 4) is 5.75 Å². The summed E-state index contributed by atoms with van der Waals surface area (Å²) in [6.45, 7) is 1.99. The van der Waals surface area contributed by atoms with Gasteiger partial charge < -0.3 is 5.11 Å². The van der Waals surface area contributed by atoms with Crippen LogP contribution in [0.15, 0.2) is 24.3 Å². The molecule has 0 spiro atoms. The lowest BCUT2D eigenvalue weighted by Crippen LogP contribution is -2.01. The second-order valence-corrected chi connectivity index (χ2v) is 3.13. The molecule has 2 heteroatoms. The molecule has 0 saturated heterocycles. The Kier molecular flexibility index (Phi) is 3.50. The third-order valence-electron chi connectivity index (χ3n) is 1.87. The first-order valence-corrected chi connectivity index (χ1v) is 4.52. The first-order valence-electron chi connectivity index (χ1n) is 4.52. The Labute approximate surface area is 78.2 Å². The minimum Gasteiger partial charge on any atom is -0.508 e. The number of carbonyl (C=O) groups is 1. The van der Waals surface area contributed by atoms with Gasteiger partial charge in [-0.1, -0.05) is 19.1 Å². The van der Waals surface area contributed by atoms with E-state index in [-0.39, 0.29) is 11.5 Å². The number of ketones is 1. The fraction of sp³-hybridized carbons (Fsp3) is 0.364. The second kappa shape index (κ2) is 4.65. The summed E-state index contributed by atoms with van der Waals surface area (Å²) in [4.78, 5) is 11.2. The molecule has 0 amide bonds. The van der Waals surface area contributed by atoms with E-state index in [2.05, 4.69) is 0 Å². The van der Waals surface area contributed by atoms with Crippen molar-refractivity contribution >= 4 is 5.78 Å². The minimum atomic E-state index is 0.242. The molecule has 0 aromatic heterocycles. The van der Waals surface area contributed by atoms with E-state index >= 15 is 0 Å². The van der Waals surface area contributed by atoms with Crippen molar-refractivity contribution in [1.29, 1.82) is 0 Å². The zero-order chi connectivity index (χ0) is 9.68. The number of phenols is 1. The Morgan fingerprint density at radius 2 is 1.92 bits per heavy atom. The van der Waals surface area contributed by atoms with E-state index in [1.54, 1.807) is 24.3 Å². The van der Waals surface area contributed by atoms with Crippen LogP contribution in [0.5, 0.6) is 5.75 Å². The van der Waals surface area contributed by atoms with Gasteiger partial charge in [0.2, 0.25) is 0 Å². The highest BCUT2D eigenvalue weighted by Gasteiger charge is 2.01. The van der Waals surface area contributed by atoms with Crippen molar-refractivity contribution in [3.63, 3.8) is 0 Å². The van der Waals surface area contributed by atoms with Gasteiger partial charge in [-0.05, 0) is 24.1 Å². The van der Waals surface area contributed by atoms with Crippen LogP contribution in [0, 0.1) is 0 Å². The Hall–Kier alpha value is -1.31. The van der Waals surface area contributed by atoms with E-state index in [1.165, 1.54) is 0 Å². The van der Waals surface area contributed by atoms with Gasteiger partial charge in [0.05, 0.1) is 0 Å². The van der Waals surface area contributed by atoms with Gasteiger partial charge in [0.1, 0.15) is 11.5 Å². The highest BCUT2D eigenvalue weighted by molar-refractivity contribution is 5.80. The van der Waals surface area contributed by atoms with Gasteiger partial charge >= 0.3 is 0 Å². The quantitative estimate of drug-likeness (QED) is 0.768. The maximum atomic E-state index is 11.2. The van der Waals surface area contributed by atoms with Crippen molar-refractivity contribution in [3.05, 3.63) is 29.8 Å². The fourth-order valence-electron chi connectivity index (χ4n) is 1.21. The maximum Gasteiger partial charge on any atom is 0.137 e. The van der Waals surface area contributed by atoms with E-state index in [0.717, 1.165) is 12.0 Å². The van der Waals surface area contributed by atoms with E-state index in [0.29, 0.717) is 12.8 Å². The zero-order valence-electron chi connectivity index (χ0n) is 7.79. The molecule has 0 fully saturated rings. The van der Waals surface area contributed by atoms with Crippen molar-refractivity contribution in [1.82, 2.24) is 0 Å². The first kappa shape index (κ1) is 9.78. The Morgan fingerprint density at radius 3 is 2.46 bits per heavy atom. The summed E-state index contributed by atoms with van der Waals surface area (Å²) in [6.07, 6.45) is 2.02. The van der Waals surface area contributed by atoms with E-state index in [9.17, 15) is 4.79 Å². The van der Waals surface area contributed by atoms with Crippen LogP contribution < -0.4 is 0 Å². The lowest BCUT2D eigenvalue weighted by molar-refractivity contribution is -0.118. The van der Waals surface area contributed by atoms with Gasteiger partial charge in [-0.3, -0.25) is 4.79 Å². The van der Waals surface area contributed by atoms with Crippen LogP contribution >= 0.6 is 0 Å². The molecule has 0 aliphatic heterocycles. The molecule has 0 radical (unpaired) electrons. The summed E-state index contributed by atoms with van der Waals surface area (Å²) in [6, 6.07) is 6.77. The summed E-state index contributed by atoms with van der Waals surface area (Å²) < 4.78 is 0.